The van der Waals surface area contributed by atoms with E-state index in [1.807, 2.05) is 0 Å². The van der Waals surface area contributed by atoms with Crippen LogP contribution >= 0.6 is 0 Å². The zero-order valence-corrected chi connectivity index (χ0v) is 9.15. The second-order valence-electron chi connectivity index (χ2n) is 0.0816. The van der Waals surface area contributed by atoms with Crippen molar-refractivity contribution in [2.45, 2.75) is 0 Å². The molecule has 0 atom stereocenters. The van der Waals surface area contributed by atoms with E-state index in [0.717, 1.165) is 0 Å². The molecule has 3 nitrogen and oxygen atoms in total. The summed E-state index contributed by atoms with van der Waals surface area (Å²) in [5.74, 6) is 0. The van der Waals surface area contributed by atoms with Crippen molar-refractivity contribution in [2.24, 2.45) is 0 Å². The van der Waals surface area contributed by atoms with Crippen LogP contribution in [0, 0.1) is 77.3 Å². The van der Waals surface area contributed by atoms with Crippen molar-refractivity contribution in [3.05, 3.63) is 0 Å². The molecule has 0 rings (SSSR count). The molecule has 0 aliphatic carbocycles. The minimum atomic E-state index is 0. The van der Waals surface area contributed by atoms with E-state index in [2.05, 4.69) is 5.04 Å². The van der Waals surface area contributed by atoms with E-state index < -0.39 is 0 Å². The Balaban J connectivity index is -0.0000000200. The van der Waals surface area contributed by atoms with Crippen molar-refractivity contribution in [1.29, 1.82) is 0 Å². The quantitative estimate of drug-likeness (QED) is 0.484. The molecule has 2 N–H and O–H groups in total. The van der Waals surface area contributed by atoms with Crippen molar-refractivity contribution in [3.8, 4) is 0 Å². The van der Waals surface area contributed by atoms with Crippen LogP contribution in [0.15, 0.2) is 0 Å². The first kappa shape index (κ1) is 15.7. The largest absolute Gasteiger partial charge is 0.221 e. The number of rotatable bonds is 0. The molecule has 0 aromatic heterocycles. The van der Waals surface area contributed by atoms with Gasteiger partial charge in [0.25, 0.3) is 0 Å². The van der Waals surface area contributed by atoms with Gasteiger partial charge in [0.1, 0.15) is 0 Å². The van der Waals surface area contributed by atoms with E-state index in [1.54, 1.807) is 0 Å². The van der Waals surface area contributed by atoms with Gasteiger partial charge in [0, 0.05) is 77.3 Å². The second-order valence-corrected chi connectivity index (χ2v) is 0.0816. The minimum absolute atomic E-state index is 0. The fourth-order valence-corrected chi connectivity index (χ4v) is 0. The van der Waals surface area contributed by atoms with Gasteiger partial charge < -0.3 is 0 Å². The van der Waals surface area contributed by atoms with E-state index in [-0.39, 0.29) is 77.3 Å². The Morgan fingerprint density at radius 2 is 1.20 bits per heavy atom. The van der Waals surface area contributed by atoms with Crippen molar-refractivity contribution in [1.82, 2.24) is 0 Å². The van der Waals surface area contributed by atoms with Gasteiger partial charge in [-0.2, -0.15) is 0 Å². The fraction of sp³-hybridized carbons (Fsp3) is 0. The van der Waals surface area contributed by atoms with E-state index in [1.165, 1.54) is 0 Å². The summed E-state index contributed by atoms with van der Waals surface area (Å²) in [5.41, 5.74) is 0. The van der Waals surface area contributed by atoms with Crippen LogP contribution in [-0.2, 0) is 5.04 Å². The predicted octanol–water partition coefficient (Wildman–Crippen LogP) is -0.0510. The number of hydrogen-bond acceptors (Lipinski definition) is 3. The molecule has 1 radical (unpaired) electrons. The molecule has 5 heteroatoms. The third-order valence-corrected chi connectivity index (χ3v) is 0. The summed E-state index contributed by atoms with van der Waals surface area (Å²) in [7, 11) is 0. The fourth-order valence-electron chi connectivity index (χ4n) is 0. The smallest absolute Gasteiger partial charge is 0 e. The third-order valence-electron chi connectivity index (χ3n) is 0. The number of hydrogen-bond donors (Lipinski definition) is 2. The van der Waals surface area contributed by atoms with Gasteiger partial charge in [0.05, 0.1) is 0 Å². The van der Waals surface area contributed by atoms with Gasteiger partial charge in [-0.25, -0.2) is 10.5 Å². The Morgan fingerprint density at radius 1 is 1.20 bits per heavy atom. The zero-order valence-electron chi connectivity index (χ0n) is 2.38. The van der Waals surface area contributed by atoms with Crippen molar-refractivity contribution >= 4 is 0 Å². The standard InChI is InChI=1S/Ce.La.H2O3/c;;1-3-2/h;;1-2H. The van der Waals surface area contributed by atoms with Gasteiger partial charge in [0.15, 0.2) is 0 Å². The van der Waals surface area contributed by atoms with Crippen molar-refractivity contribution in [3.63, 3.8) is 0 Å². The Bertz CT molecular complexity index is 6.85. The summed E-state index contributed by atoms with van der Waals surface area (Å²) in [6.45, 7) is 0. The van der Waals surface area contributed by atoms with Gasteiger partial charge in [-0.3, -0.25) is 0 Å². The zero-order chi connectivity index (χ0) is 2.71. The minimum Gasteiger partial charge on any atom is -0.221 e. The molecule has 0 aromatic carbocycles. The molecule has 0 aromatic rings. The van der Waals surface area contributed by atoms with Crippen molar-refractivity contribution in [2.75, 3.05) is 0 Å². The summed E-state index contributed by atoms with van der Waals surface area (Å²) < 4.78 is 0. The second kappa shape index (κ2) is 16.1. The van der Waals surface area contributed by atoms with Crippen LogP contribution in [0.25, 0.3) is 0 Å². The average molecular weight is 329 g/mol. The molecule has 0 amide bonds. The third kappa shape index (κ3) is 21.3. The van der Waals surface area contributed by atoms with Gasteiger partial charge in [-0.15, -0.1) is 0 Å². The molecule has 0 aliphatic rings. The van der Waals surface area contributed by atoms with Gasteiger partial charge in [0.2, 0.25) is 0 Å². The molecule has 5 heavy (non-hydrogen) atoms. The Labute approximate surface area is 90.9 Å². The van der Waals surface area contributed by atoms with Crippen LogP contribution in [0.5, 0.6) is 0 Å². The van der Waals surface area contributed by atoms with E-state index in [0.29, 0.717) is 0 Å². The van der Waals surface area contributed by atoms with E-state index >= 15 is 0 Å². The molecule has 0 saturated heterocycles. The summed E-state index contributed by atoms with van der Waals surface area (Å²) >= 11 is 0. The maximum Gasteiger partial charge on any atom is 0 e. The molecule has 0 spiro atoms. The van der Waals surface area contributed by atoms with Gasteiger partial charge in [-0.1, -0.05) is 5.04 Å². The first-order valence-electron chi connectivity index (χ1n) is 0.365. The Morgan fingerprint density at radius 3 is 1.20 bits per heavy atom. The summed E-state index contributed by atoms with van der Waals surface area (Å²) in [6, 6.07) is 0. The summed E-state index contributed by atoms with van der Waals surface area (Å²) in [4.78, 5) is 0. The van der Waals surface area contributed by atoms with Crippen LogP contribution < -0.4 is 0 Å². The van der Waals surface area contributed by atoms with Crippen LogP contribution in [0.3, 0.4) is 0 Å². The molecule has 0 saturated carbocycles. The van der Waals surface area contributed by atoms with Crippen LogP contribution in [0.1, 0.15) is 0 Å². The monoisotopic (exact) mass is 329 g/mol. The average Bonchev–Trinajstić information content (AvgIpc) is 0.918. The van der Waals surface area contributed by atoms with Crippen LogP contribution in [0.4, 0.5) is 0 Å². The van der Waals surface area contributed by atoms with Gasteiger partial charge >= 0.3 is 0 Å². The SMILES string of the molecule is OOO.[Ce].[La]. The first-order valence-corrected chi connectivity index (χ1v) is 0.365. The summed E-state index contributed by atoms with van der Waals surface area (Å²) in [6.07, 6.45) is 0. The molecule has 27 valence electrons. The molecule has 0 bridgehead atoms. The molecule has 0 unspecified atom stereocenters. The maximum absolute atomic E-state index is 6.62. The molecule has 0 aliphatic heterocycles. The maximum atomic E-state index is 6.62. The molecular weight excluding hydrogens is 327 g/mol. The summed E-state index contributed by atoms with van der Waals surface area (Å²) in [5, 5.41) is 15.5. The predicted molar refractivity (Wildman–Crippen MR) is 6.34 cm³/mol. The molecule has 0 heterocycles. The van der Waals surface area contributed by atoms with Gasteiger partial charge in [-0.05, 0) is 0 Å². The topological polar surface area (TPSA) is 49.7 Å². The molecular formula is H2CeLaO3. The first-order chi connectivity index (χ1) is 1.41. The molecule has 0 fully saturated rings. The van der Waals surface area contributed by atoms with E-state index in [9.17, 15) is 0 Å². The van der Waals surface area contributed by atoms with E-state index in [4.69, 9.17) is 10.5 Å². The van der Waals surface area contributed by atoms with Crippen LogP contribution in [0.2, 0.25) is 0 Å². The Kier molecular flexibility index (Phi) is 50.4. The van der Waals surface area contributed by atoms with Crippen molar-refractivity contribution < 1.29 is 92.9 Å². The Hall–Kier alpha value is 2.45. The van der Waals surface area contributed by atoms with Crippen LogP contribution in [-0.4, -0.2) is 10.5 Å². The normalized spacial score (nSPS) is 3.60.